The molecule has 1 aromatic carbocycles. The minimum Gasteiger partial charge on any atom is -0.394 e. The van der Waals surface area contributed by atoms with Crippen LogP contribution in [-0.4, -0.2) is 59.1 Å². The third-order valence-electron chi connectivity index (χ3n) is 2.37. The first-order valence-electron chi connectivity index (χ1n) is 6.03. The van der Waals surface area contributed by atoms with Crippen LogP contribution >= 0.6 is 0 Å². The zero-order valence-electron chi connectivity index (χ0n) is 10.6. The lowest BCUT2D eigenvalue weighted by Gasteiger charge is -2.26. The summed E-state index contributed by atoms with van der Waals surface area (Å²) in [5.74, 6) is 0. The Hall–Kier alpha value is -1.02. The van der Waals surface area contributed by atoms with Gasteiger partial charge < -0.3 is 29.9 Å². The van der Waals surface area contributed by atoms with Crippen LogP contribution in [0.1, 0.15) is 11.9 Å². The molecular weight excluding hydrogens is 252 g/mol. The van der Waals surface area contributed by atoms with Crippen LogP contribution in [0, 0.1) is 0 Å². The monoisotopic (exact) mass is 272 g/mol. The molecule has 108 valence electrons. The van der Waals surface area contributed by atoms with E-state index < -0.39 is 12.2 Å². The summed E-state index contributed by atoms with van der Waals surface area (Å²) < 4.78 is 10.6. The zero-order valence-corrected chi connectivity index (χ0v) is 10.6. The first-order valence-corrected chi connectivity index (χ1v) is 6.03. The zero-order chi connectivity index (χ0) is 14.1. The molecule has 1 saturated heterocycles. The van der Waals surface area contributed by atoms with Gasteiger partial charge in [0, 0.05) is 5.56 Å². The highest BCUT2D eigenvalue weighted by Gasteiger charge is 2.21. The summed E-state index contributed by atoms with van der Waals surface area (Å²) >= 11 is 0. The van der Waals surface area contributed by atoms with Gasteiger partial charge in [-0.3, -0.25) is 0 Å². The van der Waals surface area contributed by atoms with E-state index in [1.807, 2.05) is 30.3 Å². The van der Waals surface area contributed by atoms with E-state index in [0.717, 1.165) is 5.56 Å². The first-order chi connectivity index (χ1) is 9.17. The lowest BCUT2D eigenvalue weighted by atomic mass is 10.2. The molecule has 0 aromatic heterocycles. The average molecular weight is 272 g/mol. The fourth-order valence-corrected chi connectivity index (χ4v) is 1.35. The number of aliphatic hydroxyl groups excluding tert-OH is 4. The van der Waals surface area contributed by atoms with Crippen molar-refractivity contribution in [2.45, 2.75) is 18.5 Å². The number of benzene rings is 1. The maximum atomic E-state index is 9.12. The molecule has 1 aliphatic rings. The Balaban J connectivity index is 0.000000258. The van der Waals surface area contributed by atoms with Crippen molar-refractivity contribution in [2.24, 2.45) is 0 Å². The topological polar surface area (TPSA) is 99.4 Å². The maximum absolute atomic E-state index is 9.12. The lowest BCUT2D eigenvalue weighted by molar-refractivity contribution is -0.220. The Morgan fingerprint density at radius 2 is 1.58 bits per heavy atom. The predicted molar refractivity (Wildman–Crippen MR) is 67.3 cm³/mol. The van der Waals surface area contributed by atoms with Gasteiger partial charge in [0.05, 0.1) is 26.4 Å². The summed E-state index contributed by atoms with van der Waals surface area (Å²) in [6.45, 7) is -0.0356. The summed E-state index contributed by atoms with van der Waals surface area (Å²) in [7, 11) is 0. The summed E-state index contributed by atoms with van der Waals surface area (Å²) in [4.78, 5) is 0. The Morgan fingerprint density at radius 1 is 1.05 bits per heavy atom. The Bertz CT molecular complexity index is 319. The molecule has 19 heavy (non-hydrogen) atoms. The second-order valence-electron chi connectivity index (χ2n) is 4.08. The van der Waals surface area contributed by atoms with Crippen molar-refractivity contribution < 1.29 is 29.9 Å². The summed E-state index contributed by atoms with van der Waals surface area (Å²) in [6, 6.07) is 9.71. The van der Waals surface area contributed by atoms with E-state index in [-0.39, 0.29) is 19.5 Å². The molecule has 0 spiro atoms. The second kappa shape index (κ2) is 8.98. The van der Waals surface area contributed by atoms with Crippen LogP contribution in [0.3, 0.4) is 0 Å². The van der Waals surface area contributed by atoms with Gasteiger partial charge in [0.1, 0.15) is 12.2 Å². The molecule has 4 N–H and O–H groups in total. The molecule has 1 aromatic rings. The molecule has 6 nitrogen and oxygen atoms in total. The average Bonchev–Trinajstić information content (AvgIpc) is 2.48. The van der Waals surface area contributed by atoms with E-state index in [1.165, 1.54) is 0 Å². The molecule has 1 aliphatic heterocycles. The van der Waals surface area contributed by atoms with Gasteiger partial charge in [0.2, 0.25) is 0 Å². The van der Waals surface area contributed by atoms with E-state index in [2.05, 4.69) is 0 Å². The highest BCUT2D eigenvalue weighted by Crippen LogP contribution is 2.22. The number of rotatable bonds is 3. The van der Waals surface area contributed by atoms with E-state index in [4.69, 9.17) is 29.9 Å². The van der Waals surface area contributed by atoms with Gasteiger partial charge in [0.25, 0.3) is 0 Å². The molecule has 0 bridgehead atoms. The van der Waals surface area contributed by atoms with Crippen molar-refractivity contribution in [1.82, 2.24) is 0 Å². The second-order valence-corrected chi connectivity index (χ2v) is 4.08. The van der Waals surface area contributed by atoms with Crippen molar-refractivity contribution in [3.63, 3.8) is 0 Å². The minimum absolute atomic E-state index is 0.315. The molecule has 1 heterocycles. The Kier molecular flexibility index (Phi) is 7.57. The van der Waals surface area contributed by atoms with E-state index in [9.17, 15) is 0 Å². The quantitative estimate of drug-likeness (QED) is 0.588. The van der Waals surface area contributed by atoms with E-state index in [0.29, 0.717) is 13.2 Å². The van der Waals surface area contributed by atoms with Crippen molar-refractivity contribution in [3.8, 4) is 0 Å². The van der Waals surface area contributed by atoms with Crippen LogP contribution in [0.5, 0.6) is 0 Å². The van der Waals surface area contributed by atoms with Gasteiger partial charge in [-0.25, -0.2) is 0 Å². The van der Waals surface area contributed by atoms with Gasteiger partial charge in [-0.1, -0.05) is 30.3 Å². The van der Waals surface area contributed by atoms with Crippen LogP contribution in [0.4, 0.5) is 0 Å². The van der Waals surface area contributed by atoms with Gasteiger partial charge in [-0.05, 0) is 0 Å². The van der Waals surface area contributed by atoms with E-state index in [1.54, 1.807) is 0 Å². The standard InChI is InChI=1S/C10H12O3.C3H8O3/c11-9-6-12-10(13-7-9)8-4-2-1-3-5-8;4-1-3(6)2-5/h1-5,9-11H,6-7H2;3-6H,1-2H2. The Labute approximate surface area is 111 Å². The maximum Gasteiger partial charge on any atom is 0.184 e. The summed E-state index contributed by atoms with van der Waals surface area (Å²) in [5, 5.41) is 33.1. The van der Waals surface area contributed by atoms with Crippen molar-refractivity contribution in [3.05, 3.63) is 35.9 Å². The van der Waals surface area contributed by atoms with Crippen molar-refractivity contribution in [1.29, 1.82) is 0 Å². The highest BCUT2D eigenvalue weighted by atomic mass is 16.7. The van der Waals surface area contributed by atoms with Crippen LogP contribution in [0.2, 0.25) is 0 Å². The van der Waals surface area contributed by atoms with E-state index >= 15 is 0 Å². The summed E-state index contributed by atoms with van der Waals surface area (Å²) in [5.41, 5.74) is 0.995. The van der Waals surface area contributed by atoms with Crippen LogP contribution < -0.4 is 0 Å². The molecule has 0 saturated carbocycles. The van der Waals surface area contributed by atoms with Gasteiger partial charge >= 0.3 is 0 Å². The minimum atomic E-state index is -0.954. The number of hydrogen-bond donors (Lipinski definition) is 4. The number of hydrogen-bond acceptors (Lipinski definition) is 6. The van der Waals surface area contributed by atoms with Crippen LogP contribution in [0.15, 0.2) is 30.3 Å². The van der Waals surface area contributed by atoms with Crippen molar-refractivity contribution in [2.75, 3.05) is 26.4 Å². The Morgan fingerprint density at radius 3 is 2.00 bits per heavy atom. The van der Waals surface area contributed by atoms with Crippen LogP contribution in [0.25, 0.3) is 0 Å². The largest absolute Gasteiger partial charge is 0.394 e. The van der Waals surface area contributed by atoms with Crippen molar-refractivity contribution >= 4 is 0 Å². The normalized spacial score (nSPS) is 22.8. The molecule has 0 atom stereocenters. The molecule has 6 heteroatoms. The molecule has 2 rings (SSSR count). The first kappa shape index (κ1) is 16.0. The highest BCUT2D eigenvalue weighted by molar-refractivity contribution is 5.16. The molecule has 0 aliphatic carbocycles. The van der Waals surface area contributed by atoms with Gasteiger partial charge in [0.15, 0.2) is 6.29 Å². The number of ether oxygens (including phenoxy) is 2. The fraction of sp³-hybridized carbons (Fsp3) is 0.538. The SMILES string of the molecule is OC1COC(c2ccccc2)OC1.OCC(O)CO. The van der Waals surface area contributed by atoms with Gasteiger partial charge in [-0.15, -0.1) is 0 Å². The molecule has 1 fully saturated rings. The molecule has 0 amide bonds. The van der Waals surface area contributed by atoms with Gasteiger partial charge in [-0.2, -0.15) is 0 Å². The number of aliphatic hydroxyl groups is 4. The smallest absolute Gasteiger partial charge is 0.184 e. The third-order valence-corrected chi connectivity index (χ3v) is 2.37. The lowest BCUT2D eigenvalue weighted by Crippen LogP contribution is -2.30. The predicted octanol–water partition coefficient (Wildman–Crippen LogP) is -0.575. The van der Waals surface area contributed by atoms with Crippen LogP contribution in [-0.2, 0) is 9.47 Å². The fourth-order valence-electron chi connectivity index (χ4n) is 1.35. The molecular formula is C13H20O6. The summed E-state index contributed by atoms with van der Waals surface area (Å²) in [6.07, 6.45) is -1.76. The molecule has 0 radical (unpaired) electrons. The molecule has 0 unspecified atom stereocenters. The third kappa shape index (κ3) is 6.11.